The summed E-state index contributed by atoms with van der Waals surface area (Å²) >= 11 is 0. The molecule has 68 valence electrons. The molecule has 0 aliphatic carbocycles. The number of hydrogen-bond donors (Lipinski definition) is 1. The van der Waals surface area contributed by atoms with E-state index in [0.717, 1.165) is 11.3 Å². The third kappa shape index (κ3) is 2.55. The predicted molar refractivity (Wildman–Crippen MR) is 62.6 cm³/mol. The number of phenolic OH excluding ortho intramolecular Hbond substituents is 1. The van der Waals surface area contributed by atoms with E-state index >= 15 is 0 Å². The van der Waals surface area contributed by atoms with E-state index in [-0.39, 0.29) is 24.0 Å². The van der Waals surface area contributed by atoms with Gasteiger partial charge in [0.15, 0.2) is 0 Å². The molecule has 0 aromatic heterocycles. The second kappa shape index (κ2) is 4.54. The van der Waals surface area contributed by atoms with Gasteiger partial charge >= 0.3 is 0 Å². The summed E-state index contributed by atoms with van der Waals surface area (Å²) in [7, 11) is 3.97. The van der Waals surface area contributed by atoms with Crippen LogP contribution >= 0.6 is 24.0 Å². The van der Waals surface area contributed by atoms with Crippen LogP contribution in [0.4, 0.5) is 5.69 Å². The van der Waals surface area contributed by atoms with Crippen molar-refractivity contribution in [3.63, 3.8) is 0 Å². The van der Waals surface area contributed by atoms with Gasteiger partial charge in [-0.15, -0.1) is 24.0 Å². The molecular formula is C9H14INO. The molecule has 0 unspecified atom stereocenters. The van der Waals surface area contributed by atoms with E-state index in [4.69, 9.17) is 5.11 Å². The Morgan fingerprint density at radius 2 is 1.83 bits per heavy atom. The molecule has 1 aromatic carbocycles. The predicted octanol–water partition coefficient (Wildman–Crippen LogP) is 2.38. The van der Waals surface area contributed by atoms with Crippen molar-refractivity contribution in [1.82, 2.24) is 0 Å². The van der Waals surface area contributed by atoms with Crippen LogP contribution < -0.4 is 4.90 Å². The highest BCUT2D eigenvalue weighted by Gasteiger charge is 1.99. The zero-order valence-electron chi connectivity index (χ0n) is 7.53. The molecule has 0 bridgehead atoms. The molecule has 0 aliphatic rings. The average Bonchev–Trinajstić information content (AvgIpc) is 1.85. The molecule has 0 amide bonds. The molecule has 12 heavy (non-hydrogen) atoms. The minimum atomic E-state index is 0. The highest BCUT2D eigenvalue weighted by molar-refractivity contribution is 14.0. The van der Waals surface area contributed by atoms with E-state index in [2.05, 4.69) is 0 Å². The van der Waals surface area contributed by atoms with Gasteiger partial charge in [-0.3, -0.25) is 0 Å². The SMILES string of the molecule is Cc1cc(O)ccc1N(C)C.I. The summed E-state index contributed by atoms with van der Waals surface area (Å²) in [5.74, 6) is 0.327. The third-order valence-electron chi connectivity index (χ3n) is 1.66. The van der Waals surface area contributed by atoms with E-state index in [1.807, 2.05) is 32.0 Å². The number of nitrogens with zero attached hydrogens (tertiary/aromatic N) is 1. The maximum absolute atomic E-state index is 9.10. The lowest BCUT2D eigenvalue weighted by atomic mass is 10.2. The maximum Gasteiger partial charge on any atom is 0.115 e. The van der Waals surface area contributed by atoms with Gasteiger partial charge < -0.3 is 10.0 Å². The number of halogens is 1. The first-order valence-electron chi connectivity index (χ1n) is 3.58. The van der Waals surface area contributed by atoms with E-state index in [1.54, 1.807) is 12.1 Å². The minimum Gasteiger partial charge on any atom is -0.508 e. The lowest BCUT2D eigenvalue weighted by Crippen LogP contribution is -2.09. The van der Waals surface area contributed by atoms with Crippen LogP contribution in [0, 0.1) is 6.92 Å². The number of anilines is 1. The van der Waals surface area contributed by atoms with Crippen LogP contribution in [0.15, 0.2) is 18.2 Å². The van der Waals surface area contributed by atoms with Gasteiger partial charge in [-0.2, -0.15) is 0 Å². The first-order valence-corrected chi connectivity index (χ1v) is 3.58. The summed E-state index contributed by atoms with van der Waals surface area (Å²) in [6.45, 7) is 1.98. The van der Waals surface area contributed by atoms with E-state index in [1.165, 1.54) is 0 Å². The van der Waals surface area contributed by atoms with Gasteiger partial charge in [0.05, 0.1) is 0 Å². The molecule has 0 heterocycles. The van der Waals surface area contributed by atoms with Gasteiger partial charge in [-0.05, 0) is 30.7 Å². The number of rotatable bonds is 1. The number of aromatic hydroxyl groups is 1. The average molecular weight is 279 g/mol. The molecule has 0 saturated carbocycles. The topological polar surface area (TPSA) is 23.5 Å². The van der Waals surface area contributed by atoms with Crippen molar-refractivity contribution in [3.05, 3.63) is 23.8 Å². The first kappa shape index (κ1) is 11.6. The first-order chi connectivity index (χ1) is 5.11. The number of benzene rings is 1. The van der Waals surface area contributed by atoms with Crippen LogP contribution in [0.1, 0.15) is 5.56 Å². The van der Waals surface area contributed by atoms with Crippen molar-refractivity contribution in [3.8, 4) is 5.75 Å². The second-order valence-corrected chi connectivity index (χ2v) is 2.87. The molecule has 0 fully saturated rings. The summed E-state index contributed by atoms with van der Waals surface area (Å²) < 4.78 is 0. The van der Waals surface area contributed by atoms with Crippen molar-refractivity contribution in [2.24, 2.45) is 0 Å². The van der Waals surface area contributed by atoms with Crippen LogP contribution in [0.25, 0.3) is 0 Å². The fourth-order valence-corrected chi connectivity index (χ4v) is 1.14. The fraction of sp³-hybridized carbons (Fsp3) is 0.333. The number of aryl methyl sites for hydroxylation is 1. The van der Waals surface area contributed by atoms with E-state index in [0.29, 0.717) is 5.75 Å². The molecule has 1 aromatic rings. The highest BCUT2D eigenvalue weighted by atomic mass is 127. The number of hydrogen-bond acceptors (Lipinski definition) is 2. The van der Waals surface area contributed by atoms with Gasteiger partial charge in [0, 0.05) is 19.8 Å². The van der Waals surface area contributed by atoms with Crippen molar-refractivity contribution in [1.29, 1.82) is 0 Å². The van der Waals surface area contributed by atoms with Crippen molar-refractivity contribution in [2.75, 3.05) is 19.0 Å². The molecule has 0 aliphatic heterocycles. The second-order valence-electron chi connectivity index (χ2n) is 2.87. The van der Waals surface area contributed by atoms with Gasteiger partial charge in [0.25, 0.3) is 0 Å². The third-order valence-corrected chi connectivity index (χ3v) is 1.66. The minimum absolute atomic E-state index is 0. The zero-order valence-corrected chi connectivity index (χ0v) is 9.87. The summed E-state index contributed by atoms with van der Waals surface area (Å²) in [4.78, 5) is 2.02. The Morgan fingerprint density at radius 3 is 2.25 bits per heavy atom. The summed E-state index contributed by atoms with van der Waals surface area (Å²) in [5, 5.41) is 9.10. The number of phenols is 1. The monoisotopic (exact) mass is 279 g/mol. The lowest BCUT2D eigenvalue weighted by molar-refractivity contribution is 0.475. The highest BCUT2D eigenvalue weighted by Crippen LogP contribution is 2.21. The van der Waals surface area contributed by atoms with Gasteiger partial charge in [0.2, 0.25) is 0 Å². The van der Waals surface area contributed by atoms with Crippen molar-refractivity contribution >= 4 is 29.7 Å². The van der Waals surface area contributed by atoms with Crippen LogP contribution in [-0.4, -0.2) is 19.2 Å². The Labute approximate surface area is 90.2 Å². The molecule has 0 radical (unpaired) electrons. The molecular weight excluding hydrogens is 265 g/mol. The standard InChI is InChI=1S/C9H13NO.HI/c1-7-6-8(11)4-5-9(7)10(2)3;/h4-6,11H,1-3H3;1H. The molecule has 1 N–H and O–H groups in total. The summed E-state index contributed by atoms with van der Waals surface area (Å²) in [6.07, 6.45) is 0. The van der Waals surface area contributed by atoms with Crippen molar-refractivity contribution < 1.29 is 5.11 Å². The molecule has 3 heteroatoms. The Balaban J connectivity index is 0.00000121. The largest absolute Gasteiger partial charge is 0.508 e. The van der Waals surface area contributed by atoms with Crippen LogP contribution in [0.2, 0.25) is 0 Å². The quantitative estimate of drug-likeness (QED) is 0.798. The van der Waals surface area contributed by atoms with E-state index < -0.39 is 0 Å². The Hall–Kier alpha value is -0.450. The zero-order chi connectivity index (χ0) is 8.43. The molecule has 0 saturated heterocycles. The van der Waals surface area contributed by atoms with E-state index in [9.17, 15) is 0 Å². The van der Waals surface area contributed by atoms with Gasteiger partial charge in [0.1, 0.15) is 5.75 Å². The molecule has 1 rings (SSSR count). The molecule has 0 spiro atoms. The van der Waals surface area contributed by atoms with Gasteiger partial charge in [-0.1, -0.05) is 0 Å². The van der Waals surface area contributed by atoms with Crippen LogP contribution in [0.5, 0.6) is 5.75 Å². The van der Waals surface area contributed by atoms with Crippen molar-refractivity contribution in [2.45, 2.75) is 6.92 Å². The smallest absolute Gasteiger partial charge is 0.115 e. The lowest BCUT2D eigenvalue weighted by Gasteiger charge is -2.14. The maximum atomic E-state index is 9.10. The van der Waals surface area contributed by atoms with Crippen LogP contribution in [0.3, 0.4) is 0 Å². The molecule has 0 atom stereocenters. The summed E-state index contributed by atoms with van der Waals surface area (Å²) in [5.41, 5.74) is 2.23. The Bertz CT molecular complexity index is 261. The Morgan fingerprint density at radius 1 is 1.25 bits per heavy atom. The fourth-order valence-electron chi connectivity index (χ4n) is 1.14. The van der Waals surface area contributed by atoms with Crippen LogP contribution in [-0.2, 0) is 0 Å². The molecule has 2 nitrogen and oxygen atoms in total. The van der Waals surface area contributed by atoms with Gasteiger partial charge in [-0.25, -0.2) is 0 Å². The normalized spacial score (nSPS) is 8.92. The summed E-state index contributed by atoms with van der Waals surface area (Å²) in [6, 6.07) is 5.36. The Kier molecular flexibility index (Phi) is 4.37.